The highest BCUT2D eigenvalue weighted by atomic mass is 16.2. The van der Waals surface area contributed by atoms with Crippen molar-refractivity contribution in [2.24, 2.45) is 0 Å². The third-order valence-electron chi connectivity index (χ3n) is 4.09. The molecule has 0 aromatic heterocycles. The standard InChI is InChI=1S/C16H18N4O4/c1-10(21)18-12-4-2-11(3-5-12)6-14(22)19-8-13(9-19)20-15(23)7-17-16(20)24/h2-5,13H,6-9H2,1H3,(H,17,24)(H,18,21). The number of likely N-dealkylation sites (tertiary alicyclic amines) is 1. The van der Waals surface area contributed by atoms with Crippen molar-refractivity contribution in [3.05, 3.63) is 29.8 Å². The van der Waals surface area contributed by atoms with Crippen molar-refractivity contribution in [2.45, 2.75) is 19.4 Å². The molecule has 1 aromatic carbocycles. The zero-order chi connectivity index (χ0) is 17.3. The zero-order valence-electron chi connectivity index (χ0n) is 13.2. The van der Waals surface area contributed by atoms with Crippen LogP contribution in [0.3, 0.4) is 0 Å². The van der Waals surface area contributed by atoms with Gasteiger partial charge in [-0.25, -0.2) is 4.79 Å². The predicted octanol–water partition coefficient (Wildman–Crippen LogP) is -0.0499. The summed E-state index contributed by atoms with van der Waals surface area (Å²) in [6.45, 7) is 2.22. The van der Waals surface area contributed by atoms with Crippen molar-refractivity contribution in [1.82, 2.24) is 15.1 Å². The van der Waals surface area contributed by atoms with Crippen LogP contribution in [0.25, 0.3) is 0 Å². The zero-order valence-corrected chi connectivity index (χ0v) is 13.2. The molecule has 24 heavy (non-hydrogen) atoms. The highest BCUT2D eigenvalue weighted by Gasteiger charge is 2.42. The summed E-state index contributed by atoms with van der Waals surface area (Å²) in [6, 6.07) is 6.46. The van der Waals surface area contributed by atoms with E-state index in [1.807, 2.05) is 0 Å². The molecule has 2 aliphatic heterocycles. The minimum atomic E-state index is -0.384. The molecule has 5 amide bonds. The van der Waals surface area contributed by atoms with Gasteiger partial charge in [-0.2, -0.15) is 0 Å². The summed E-state index contributed by atoms with van der Waals surface area (Å²) in [7, 11) is 0. The molecule has 0 bridgehead atoms. The number of nitrogens with zero attached hydrogens (tertiary/aromatic N) is 2. The number of benzene rings is 1. The average Bonchev–Trinajstić information content (AvgIpc) is 2.79. The quantitative estimate of drug-likeness (QED) is 0.756. The summed E-state index contributed by atoms with van der Waals surface area (Å²) in [5.74, 6) is -0.442. The van der Waals surface area contributed by atoms with E-state index in [-0.39, 0.29) is 42.8 Å². The molecule has 2 heterocycles. The van der Waals surface area contributed by atoms with Gasteiger partial charge < -0.3 is 15.5 Å². The van der Waals surface area contributed by atoms with Crippen molar-refractivity contribution >= 4 is 29.4 Å². The topological polar surface area (TPSA) is 98.8 Å². The molecule has 126 valence electrons. The Kier molecular flexibility index (Phi) is 4.20. The number of hydrogen-bond acceptors (Lipinski definition) is 4. The fourth-order valence-corrected chi connectivity index (χ4v) is 2.82. The van der Waals surface area contributed by atoms with E-state index in [1.165, 1.54) is 11.8 Å². The van der Waals surface area contributed by atoms with E-state index < -0.39 is 0 Å². The fraction of sp³-hybridized carbons (Fsp3) is 0.375. The predicted molar refractivity (Wildman–Crippen MR) is 85.1 cm³/mol. The van der Waals surface area contributed by atoms with Crippen LogP contribution in [-0.2, 0) is 20.8 Å². The van der Waals surface area contributed by atoms with Crippen LogP contribution in [0, 0.1) is 0 Å². The van der Waals surface area contributed by atoms with Crippen molar-refractivity contribution in [2.75, 3.05) is 25.0 Å². The van der Waals surface area contributed by atoms with E-state index in [4.69, 9.17) is 0 Å². The van der Waals surface area contributed by atoms with Crippen LogP contribution in [0.4, 0.5) is 10.5 Å². The number of hydrogen-bond donors (Lipinski definition) is 2. The minimum absolute atomic E-state index is 0.0317. The van der Waals surface area contributed by atoms with Crippen LogP contribution < -0.4 is 10.6 Å². The highest BCUT2D eigenvalue weighted by molar-refractivity contribution is 6.02. The first-order chi connectivity index (χ1) is 11.4. The Bertz CT molecular complexity index is 679. The molecule has 8 heteroatoms. The van der Waals surface area contributed by atoms with Crippen molar-refractivity contribution in [1.29, 1.82) is 0 Å². The molecule has 2 N–H and O–H groups in total. The third-order valence-corrected chi connectivity index (χ3v) is 4.09. The van der Waals surface area contributed by atoms with E-state index in [2.05, 4.69) is 10.6 Å². The number of rotatable bonds is 4. The lowest BCUT2D eigenvalue weighted by atomic mass is 10.0. The smallest absolute Gasteiger partial charge is 0.324 e. The molecule has 3 rings (SSSR count). The summed E-state index contributed by atoms with van der Waals surface area (Å²) in [4.78, 5) is 49.2. The Morgan fingerprint density at radius 3 is 2.42 bits per heavy atom. The maximum Gasteiger partial charge on any atom is 0.324 e. The lowest BCUT2D eigenvalue weighted by Crippen LogP contribution is -2.62. The van der Waals surface area contributed by atoms with Crippen LogP contribution in [-0.4, -0.2) is 59.2 Å². The van der Waals surface area contributed by atoms with E-state index in [9.17, 15) is 19.2 Å². The molecule has 0 aliphatic carbocycles. The van der Waals surface area contributed by atoms with Crippen LogP contribution in [0.1, 0.15) is 12.5 Å². The number of urea groups is 1. The highest BCUT2D eigenvalue weighted by Crippen LogP contribution is 2.19. The Balaban J connectivity index is 1.51. The Hall–Kier alpha value is -2.90. The Morgan fingerprint density at radius 1 is 1.21 bits per heavy atom. The van der Waals surface area contributed by atoms with Gasteiger partial charge in [0.1, 0.15) is 0 Å². The Labute approximate surface area is 138 Å². The molecule has 2 aliphatic rings. The number of nitrogens with one attached hydrogen (secondary N) is 2. The van der Waals surface area contributed by atoms with Crippen molar-refractivity contribution in [3.8, 4) is 0 Å². The van der Waals surface area contributed by atoms with E-state index in [1.54, 1.807) is 29.2 Å². The molecular weight excluding hydrogens is 312 g/mol. The molecule has 0 unspecified atom stereocenters. The second-order valence-electron chi connectivity index (χ2n) is 5.93. The first-order valence-corrected chi connectivity index (χ1v) is 7.68. The van der Waals surface area contributed by atoms with Gasteiger partial charge in [-0.1, -0.05) is 12.1 Å². The van der Waals surface area contributed by atoms with Crippen LogP contribution in [0.5, 0.6) is 0 Å². The summed E-state index contributed by atoms with van der Waals surface area (Å²) >= 11 is 0. The lowest BCUT2D eigenvalue weighted by Gasteiger charge is -2.42. The van der Waals surface area contributed by atoms with Gasteiger partial charge in [-0.15, -0.1) is 0 Å². The molecule has 0 saturated carbocycles. The number of carbonyl (C=O) groups excluding carboxylic acids is 4. The van der Waals surface area contributed by atoms with Crippen molar-refractivity contribution < 1.29 is 19.2 Å². The maximum absolute atomic E-state index is 12.2. The van der Waals surface area contributed by atoms with Gasteiger partial charge in [0.2, 0.25) is 17.7 Å². The van der Waals surface area contributed by atoms with Gasteiger partial charge in [0.25, 0.3) is 0 Å². The first kappa shape index (κ1) is 16.0. The molecule has 0 atom stereocenters. The number of amides is 5. The normalized spacial score (nSPS) is 17.5. The SMILES string of the molecule is CC(=O)Nc1ccc(CC(=O)N2CC(N3C(=O)CNC3=O)C2)cc1. The van der Waals surface area contributed by atoms with Gasteiger partial charge in [0.15, 0.2) is 0 Å². The van der Waals surface area contributed by atoms with Gasteiger partial charge in [0.05, 0.1) is 19.0 Å². The summed E-state index contributed by atoms with van der Waals surface area (Å²) in [5, 5.41) is 5.14. The van der Waals surface area contributed by atoms with Crippen LogP contribution in [0.2, 0.25) is 0 Å². The molecule has 0 radical (unpaired) electrons. The van der Waals surface area contributed by atoms with Crippen molar-refractivity contribution in [3.63, 3.8) is 0 Å². The van der Waals surface area contributed by atoms with Crippen LogP contribution >= 0.6 is 0 Å². The van der Waals surface area contributed by atoms with E-state index in [0.717, 1.165) is 5.56 Å². The van der Waals surface area contributed by atoms with Gasteiger partial charge in [-0.3, -0.25) is 19.3 Å². The van der Waals surface area contributed by atoms with Crippen LogP contribution in [0.15, 0.2) is 24.3 Å². The largest absolute Gasteiger partial charge is 0.338 e. The third kappa shape index (κ3) is 3.22. The molecule has 2 saturated heterocycles. The molecule has 1 aromatic rings. The average molecular weight is 330 g/mol. The number of anilines is 1. The number of imide groups is 1. The Morgan fingerprint density at radius 2 is 1.88 bits per heavy atom. The summed E-state index contributed by atoms with van der Waals surface area (Å²) in [5.41, 5.74) is 1.52. The maximum atomic E-state index is 12.2. The van der Waals surface area contributed by atoms with Gasteiger partial charge >= 0.3 is 6.03 Å². The minimum Gasteiger partial charge on any atom is -0.338 e. The molecular formula is C16H18N4O4. The van der Waals surface area contributed by atoms with Gasteiger partial charge in [-0.05, 0) is 17.7 Å². The molecule has 0 spiro atoms. The first-order valence-electron chi connectivity index (χ1n) is 7.68. The second kappa shape index (κ2) is 6.31. The number of carbonyl (C=O) groups is 4. The fourth-order valence-electron chi connectivity index (χ4n) is 2.82. The summed E-state index contributed by atoms with van der Waals surface area (Å²) < 4.78 is 0. The van der Waals surface area contributed by atoms with E-state index in [0.29, 0.717) is 18.8 Å². The van der Waals surface area contributed by atoms with Gasteiger partial charge in [0, 0.05) is 25.7 Å². The molecule has 8 nitrogen and oxygen atoms in total. The summed E-state index contributed by atoms with van der Waals surface area (Å²) in [6.07, 6.45) is 0.243. The second-order valence-corrected chi connectivity index (χ2v) is 5.93. The monoisotopic (exact) mass is 330 g/mol. The molecule has 2 fully saturated rings. The lowest BCUT2D eigenvalue weighted by molar-refractivity contribution is -0.141. The van der Waals surface area contributed by atoms with E-state index >= 15 is 0 Å².